The van der Waals surface area contributed by atoms with Gasteiger partial charge in [0.2, 0.25) is 0 Å². The van der Waals surface area contributed by atoms with Gasteiger partial charge in [0.05, 0.1) is 4.92 Å². The lowest BCUT2D eigenvalue weighted by molar-refractivity contribution is -0.385. The number of amides is 1. The van der Waals surface area contributed by atoms with Crippen molar-refractivity contribution in [1.29, 1.82) is 0 Å². The van der Waals surface area contributed by atoms with Crippen molar-refractivity contribution in [3.8, 4) is 0 Å². The van der Waals surface area contributed by atoms with Crippen LogP contribution >= 0.6 is 23.1 Å². The van der Waals surface area contributed by atoms with Crippen LogP contribution in [-0.4, -0.2) is 21.0 Å². The lowest BCUT2D eigenvalue weighted by Crippen LogP contribution is -2.14. The number of carbonyl (C=O) groups excluding carboxylic acids is 1. The first-order chi connectivity index (χ1) is 12.0. The molecule has 7 nitrogen and oxygen atoms in total. The smallest absolute Gasteiger partial charge is 0.273 e. The van der Waals surface area contributed by atoms with Crippen molar-refractivity contribution in [3.05, 3.63) is 69.2 Å². The molecule has 0 saturated heterocycles. The van der Waals surface area contributed by atoms with Gasteiger partial charge in [0, 0.05) is 27.8 Å². The molecule has 0 radical (unpaired) electrons. The summed E-state index contributed by atoms with van der Waals surface area (Å²) in [5.74, 6) is -0.384. The number of nitrogens with zero attached hydrogens (tertiary/aromatic N) is 3. The molecule has 1 heterocycles. The van der Waals surface area contributed by atoms with Gasteiger partial charge in [0.25, 0.3) is 11.6 Å². The van der Waals surface area contributed by atoms with Crippen LogP contribution in [0.4, 0.5) is 11.4 Å². The molecule has 1 aromatic heterocycles. The number of hydrogen-bond donors (Lipinski definition) is 1. The zero-order valence-corrected chi connectivity index (χ0v) is 14.6. The normalized spacial score (nSPS) is 10.4. The van der Waals surface area contributed by atoms with E-state index in [1.54, 1.807) is 30.6 Å². The monoisotopic (exact) mass is 372 g/mol. The molecule has 0 atom stereocenters. The van der Waals surface area contributed by atoms with Crippen molar-refractivity contribution in [2.24, 2.45) is 0 Å². The standard InChI is InChI=1S/C16H12N4O3S2/c1-10-13(3-2-4-14(10)20(22)23)15(21)18-11-5-7-12(8-6-11)25-16-19-17-9-24-16/h2-9H,1H3,(H,18,21). The first kappa shape index (κ1) is 17.1. The molecule has 1 amide bonds. The molecule has 2 aromatic carbocycles. The zero-order valence-electron chi connectivity index (χ0n) is 13.0. The van der Waals surface area contributed by atoms with E-state index in [1.807, 2.05) is 12.1 Å². The predicted octanol–water partition coefficient (Wildman–Crippen LogP) is 4.16. The average molecular weight is 372 g/mol. The molecule has 9 heteroatoms. The minimum Gasteiger partial charge on any atom is -0.322 e. The summed E-state index contributed by atoms with van der Waals surface area (Å²) in [6.07, 6.45) is 0. The topological polar surface area (TPSA) is 98.0 Å². The number of benzene rings is 2. The first-order valence-corrected chi connectivity index (χ1v) is 8.83. The minimum atomic E-state index is -0.494. The molecule has 3 rings (SSSR count). The van der Waals surface area contributed by atoms with E-state index in [0.29, 0.717) is 11.3 Å². The van der Waals surface area contributed by atoms with E-state index in [1.165, 1.54) is 35.2 Å². The number of hydrogen-bond acceptors (Lipinski definition) is 7. The molecule has 0 saturated carbocycles. The highest BCUT2D eigenvalue weighted by Crippen LogP contribution is 2.29. The molecular formula is C16H12N4O3S2. The number of aromatic nitrogens is 2. The summed E-state index contributed by atoms with van der Waals surface area (Å²) in [6.45, 7) is 1.56. The summed E-state index contributed by atoms with van der Waals surface area (Å²) in [6, 6.07) is 11.7. The molecule has 0 aliphatic rings. The van der Waals surface area contributed by atoms with Crippen molar-refractivity contribution in [1.82, 2.24) is 10.2 Å². The van der Waals surface area contributed by atoms with Crippen LogP contribution < -0.4 is 5.32 Å². The van der Waals surface area contributed by atoms with E-state index in [2.05, 4.69) is 15.5 Å². The maximum atomic E-state index is 12.4. The Bertz CT molecular complexity index is 912. The highest BCUT2D eigenvalue weighted by atomic mass is 32.2. The Morgan fingerprint density at radius 3 is 2.64 bits per heavy atom. The Morgan fingerprint density at radius 1 is 1.24 bits per heavy atom. The third-order valence-corrected chi connectivity index (χ3v) is 5.19. The highest BCUT2D eigenvalue weighted by Gasteiger charge is 2.18. The molecule has 25 heavy (non-hydrogen) atoms. The van der Waals surface area contributed by atoms with Crippen molar-refractivity contribution < 1.29 is 9.72 Å². The van der Waals surface area contributed by atoms with Crippen LogP contribution in [0.3, 0.4) is 0 Å². The quantitative estimate of drug-likeness (QED) is 0.533. The summed E-state index contributed by atoms with van der Waals surface area (Å²) >= 11 is 2.93. The fourth-order valence-electron chi connectivity index (χ4n) is 2.18. The lowest BCUT2D eigenvalue weighted by atomic mass is 10.1. The van der Waals surface area contributed by atoms with Gasteiger partial charge in [-0.3, -0.25) is 14.9 Å². The summed E-state index contributed by atoms with van der Waals surface area (Å²) in [5.41, 5.74) is 2.82. The molecular weight excluding hydrogens is 360 g/mol. The predicted molar refractivity (Wildman–Crippen MR) is 96.3 cm³/mol. The Labute approximate surface area is 151 Å². The molecule has 0 spiro atoms. The van der Waals surface area contributed by atoms with Gasteiger partial charge in [-0.15, -0.1) is 10.2 Å². The highest BCUT2D eigenvalue weighted by molar-refractivity contribution is 8.01. The van der Waals surface area contributed by atoms with Crippen LogP contribution in [0.2, 0.25) is 0 Å². The van der Waals surface area contributed by atoms with Gasteiger partial charge in [-0.25, -0.2) is 0 Å². The summed E-state index contributed by atoms with van der Waals surface area (Å²) < 4.78 is 0.837. The number of nitro benzene ring substituents is 1. The van der Waals surface area contributed by atoms with E-state index >= 15 is 0 Å². The SMILES string of the molecule is Cc1c(C(=O)Nc2ccc(Sc3nncs3)cc2)cccc1[N+](=O)[O-]. The molecule has 0 unspecified atom stereocenters. The molecule has 126 valence electrons. The summed E-state index contributed by atoms with van der Waals surface area (Å²) in [5, 5.41) is 21.5. The maximum absolute atomic E-state index is 12.4. The van der Waals surface area contributed by atoms with Crippen molar-refractivity contribution in [2.45, 2.75) is 16.2 Å². The van der Waals surface area contributed by atoms with Gasteiger partial charge in [-0.2, -0.15) is 0 Å². The fourth-order valence-corrected chi connectivity index (χ4v) is 3.63. The Balaban J connectivity index is 1.73. The van der Waals surface area contributed by atoms with Gasteiger partial charge in [0.1, 0.15) is 5.51 Å². The van der Waals surface area contributed by atoms with E-state index in [-0.39, 0.29) is 17.2 Å². The number of carbonyl (C=O) groups is 1. The molecule has 0 bridgehead atoms. The van der Waals surface area contributed by atoms with Crippen LogP contribution in [0.5, 0.6) is 0 Å². The third kappa shape index (κ3) is 4.01. The second kappa shape index (κ2) is 7.41. The third-order valence-electron chi connectivity index (χ3n) is 3.40. The summed E-state index contributed by atoms with van der Waals surface area (Å²) in [4.78, 5) is 23.9. The minimum absolute atomic E-state index is 0.0727. The molecule has 3 aromatic rings. The van der Waals surface area contributed by atoms with Crippen molar-refractivity contribution in [3.63, 3.8) is 0 Å². The van der Waals surface area contributed by atoms with Gasteiger partial charge in [0.15, 0.2) is 4.34 Å². The van der Waals surface area contributed by atoms with Gasteiger partial charge < -0.3 is 5.32 Å². The number of rotatable bonds is 5. The van der Waals surface area contributed by atoms with E-state index in [0.717, 1.165) is 9.24 Å². The number of nitrogens with one attached hydrogen (secondary N) is 1. The van der Waals surface area contributed by atoms with Crippen LogP contribution in [0.1, 0.15) is 15.9 Å². The zero-order chi connectivity index (χ0) is 17.8. The number of nitro groups is 1. The van der Waals surface area contributed by atoms with Crippen LogP contribution in [0.25, 0.3) is 0 Å². The van der Waals surface area contributed by atoms with Crippen LogP contribution in [0.15, 0.2) is 57.2 Å². The Hall–Kier alpha value is -2.78. The first-order valence-electron chi connectivity index (χ1n) is 7.14. The van der Waals surface area contributed by atoms with Crippen LogP contribution in [0, 0.1) is 17.0 Å². The van der Waals surface area contributed by atoms with E-state index in [4.69, 9.17) is 0 Å². The van der Waals surface area contributed by atoms with Crippen LogP contribution in [-0.2, 0) is 0 Å². The molecule has 0 fully saturated rings. The summed E-state index contributed by atoms with van der Waals surface area (Å²) in [7, 11) is 0. The molecule has 0 aliphatic heterocycles. The Morgan fingerprint density at radius 2 is 2.00 bits per heavy atom. The van der Waals surface area contributed by atoms with E-state index in [9.17, 15) is 14.9 Å². The second-order valence-corrected chi connectivity index (χ2v) is 7.15. The average Bonchev–Trinajstić information content (AvgIpc) is 3.09. The largest absolute Gasteiger partial charge is 0.322 e. The van der Waals surface area contributed by atoms with Crippen molar-refractivity contribution in [2.75, 3.05) is 5.32 Å². The van der Waals surface area contributed by atoms with Gasteiger partial charge >= 0.3 is 0 Å². The second-order valence-electron chi connectivity index (χ2n) is 4.99. The van der Waals surface area contributed by atoms with E-state index < -0.39 is 4.92 Å². The maximum Gasteiger partial charge on any atom is 0.273 e. The molecule has 0 aliphatic carbocycles. The number of anilines is 1. The lowest BCUT2D eigenvalue weighted by Gasteiger charge is -2.08. The molecule has 1 N–H and O–H groups in total. The van der Waals surface area contributed by atoms with Gasteiger partial charge in [-0.05, 0) is 37.3 Å². The fraction of sp³-hybridized carbons (Fsp3) is 0.0625. The Kier molecular flexibility index (Phi) is 5.05. The van der Waals surface area contributed by atoms with Gasteiger partial charge in [-0.1, -0.05) is 29.2 Å². The van der Waals surface area contributed by atoms with Crippen molar-refractivity contribution >= 4 is 40.4 Å².